The maximum atomic E-state index is 15.3. The quantitative estimate of drug-likeness (QED) is 0.0400. The molecule has 0 aromatic heterocycles. The lowest BCUT2D eigenvalue weighted by Gasteiger charge is -2.73. The highest BCUT2D eigenvalue weighted by atomic mass is 16.8. The van der Waals surface area contributed by atoms with Crippen molar-refractivity contribution in [2.24, 2.45) is 56.7 Å². The van der Waals surface area contributed by atoms with Crippen molar-refractivity contribution >= 4 is 5.97 Å². The summed E-state index contributed by atoms with van der Waals surface area (Å²) < 4.78 is 72.1. The van der Waals surface area contributed by atoms with Gasteiger partial charge < -0.3 is 144 Å². The molecule has 6 saturated heterocycles. The summed E-state index contributed by atoms with van der Waals surface area (Å²) in [5, 5.41) is 184. The zero-order valence-corrected chi connectivity index (χ0v) is 55.2. The Labute approximate surface area is 551 Å². The highest BCUT2D eigenvalue weighted by Crippen LogP contribution is 2.78. The minimum Gasteiger partial charge on any atom is -0.432 e. The summed E-state index contributed by atoms with van der Waals surface area (Å²) in [6, 6.07) is 0. The zero-order valence-electron chi connectivity index (χ0n) is 55.2. The standard InChI is InChI=1S/C65H106O30/c1-24(2)27-12-17-65(60(83)95-58-50(81)45(76)40(71)31(90-58)22-84-54-51(82)46(77)52(30(21-67)89-54)93-55-47(78)42(73)37(68)25(3)86-55)19-18-63(8)28(36(27)65)10-11-34-62(7)15-14-35(61(5,6)33(62)13-16-64(34,63)9)92-59-53(94-56-48(79)43(74)38(69)26(4)87-56)41(72)32(23-85-59)91-57-49(80)44(75)39(70)29(20-66)88-57/h25-59,66-82H,1,10-23H2,2-9H3. The highest BCUT2D eigenvalue weighted by molar-refractivity contribution is 5.78. The molecule has 95 heavy (non-hydrogen) atoms. The van der Waals surface area contributed by atoms with Crippen LogP contribution >= 0.6 is 0 Å². The van der Waals surface area contributed by atoms with Gasteiger partial charge in [-0.15, -0.1) is 0 Å². The third kappa shape index (κ3) is 12.6. The number of esters is 1. The van der Waals surface area contributed by atoms with Gasteiger partial charge in [-0.25, -0.2) is 0 Å². The van der Waals surface area contributed by atoms with E-state index in [1.807, 2.05) is 6.92 Å². The van der Waals surface area contributed by atoms with Crippen LogP contribution < -0.4 is 0 Å². The molecule has 0 aromatic carbocycles. The van der Waals surface area contributed by atoms with Crippen LogP contribution in [0.5, 0.6) is 0 Å². The number of carbonyl (C=O) groups is 1. The number of ether oxygens (including phenoxy) is 12. The number of aliphatic hydroxyl groups excluding tert-OH is 17. The second kappa shape index (κ2) is 28.0. The van der Waals surface area contributed by atoms with Gasteiger partial charge >= 0.3 is 5.97 Å². The third-order valence-corrected chi connectivity index (χ3v) is 25.6. The topological polar surface area (TPSA) is 472 Å². The van der Waals surface area contributed by atoms with Crippen molar-refractivity contribution in [2.45, 2.75) is 304 Å². The average Bonchev–Trinajstić information content (AvgIpc) is 1.61. The first kappa shape index (κ1) is 74.3. The summed E-state index contributed by atoms with van der Waals surface area (Å²) in [7, 11) is 0. The lowest BCUT2D eigenvalue weighted by molar-refractivity contribution is -0.381. The first-order valence-corrected chi connectivity index (χ1v) is 34.0. The van der Waals surface area contributed by atoms with E-state index < -0.39 is 221 Å². The van der Waals surface area contributed by atoms with Crippen molar-refractivity contribution in [1.82, 2.24) is 0 Å². The van der Waals surface area contributed by atoms with E-state index in [1.54, 1.807) is 0 Å². The van der Waals surface area contributed by atoms with Gasteiger partial charge in [0.15, 0.2) is 31.5 Å². The molecule has 11 rings (SSSR count). The smallest absolute Gasteiger partial charge is 0.314 e. The predicted octanol–water partition coefficient (Wildman–Crippen LogP) is -3.84. The van der Waals surface area contributed by atoms with Crippen molar-refractivity contribution in [2.75, 3.05) is 26.4 Å². The normalized spacial score (nSPS) is 55.5. The lowest BCUT2D eigenvalue weighted by atomic mass is 9.32. The minimum absolute atomic E-state index is 0.0144. The van der Waals surface area contributed by atoms with E-state index in [-0.39, 0.29) is 52.4 Å². The van der Waals surface area contributed by atoms with Crippen molar-refractivity contribution in [3.05, 3.63) is 12.2 Å². The molecule has 6 heterocycles. The van der Waals surface area contributed by atoms with Gasteiger partial charge in [0, 0.05) is 0 Å². The van der Waals surface area contributed by atoms with Crippen molar-refractivity contribution in [1.29, 1.82) is 0 Å². The molecule has 30 heteroatoms. The Kier molecular flexibility index (Phi) is 21.9. The molecule has 11 aliphatic rings. The van der Waals surface area contributed by atoms with Crippen LogP contribution in [-0.4, -0.2) is 303 Å². The molecule has 0 spiro atoms. The number of allylic oxidation sites excluding steroid dienone is 1. The van der Waals surface area contributed by atoms with E-state index in [2.05, 4.69) is 41.2 Å². The van der Waals surface area contributed by atoms with Crippen molar-refractivity contribution < 1.29 is 148 Å². The summed E-state index contributed by atoms with van der Waals surface area (Å²) in [4.78, 5) is 15.3. The minimum atomic E-state index is -1.91. The van der Waals surface area contributed by atoms with E-state index >= 15 is 4.79 Å². The fraction of sp³-hybridized carbons (Fsp3) is 0.954. The number of aliphatic hydroxyl groups is 17. The van der Waals surface area contributed by atoms with E-state index in [4.69, 9.17) is 56.8 Å². The van der Waals surface area contributed by atoms with E-state index in [0.717, 1.165) is 37.7 Å². The Bertz CT molecular complexity index is 2640. The van der Waals surface area contributed by atoms with E-state index in [0.29, 0.717) is 32.1 Å². The van der Waals surface area contributed by atoms with Crippen LogP contribution in [0.25, 0.3) is 0 Å². The van der Waals surface area contributed by atoms with E-state index in [9.17, 15) is 86.8 Å². The molecule has 5 saturated carbocycles. The molecular weight excluding hydrogens is 1260 g/mol. The Morgan fingerprint density at radius 1 is 0.474 bits per heavy atom. The molecule has 0 aromatic rings. The van der Waals surface area contributed by atoms with Crippen LogP contribution in [0.3, 0.4) is 0 Å². The maximum Gasteiger partial charge on any atom is 0.314 e. The van der Waals surface area contributed by atoms with Crippen LogP contribution in [0.15, 0.2) is 12.2 Å². The molecule has 546 valence electrons. The van der Waals surface area contributed by atoms with Crippen LogP contribution in [0.4, 0.5) is 0 Å². The van der Waals surface area contributed by atoms with Gasteiger partial charge in [0.2, 0.25) is 6.29 Å². The summed E-state index contributed by atoms with van der Waals surface area (Å²) in [6.07, 6.45) is -40.3. The number of hydrogen-bond acceptors (Lipinski definition) is 30. The number of rotatable bonds is 16. The number of carbonyl (C=O) groups excluding carboxylic acids is 1. The highest BCUT2D eigenvalue weighted by Gasteiger charge is 2.73. The van der Waals surface area contributed by atoms with Crippen molar-refractivity contribution in [3.8, 4) is 0 Å². The van der Waals surface area contributed by atoms with Gasteiger partial charge in [0.1, 0.15) is 128 Å². The first-order chi connectivity index (χ1) is 44.6. The summed E-state index contributed by atoms with van der Waals surface area (Å²) in [6.45, 7) is 18.3. The fourth-order valence-electron chi connectivity index (χ4n) is 19.9. The molecule has 6 aliphatic heterocycles. The van der Waals surface area contributed by atoms with Crippen molar-refractivity contribution in [3.63, 3.8) is 0 Å². The molecule has 17 N–H and O–H groups in total. The number of fused-ring (bicyclic) bond motifs is 7. The number of hydrogen-bond donors (Lipinski definition) is 17. The SMILES string of the molecule is C=C(C)C1CCC2(C(=O)OC3OC(COC4OC(CO)C(OC5OC(C)C(O)C(O)C5O)C(O)C4O)C(O)C(O)C3O)CCC3(C)C(CCC4C5(C)CCC(OC6OCC(OC7OC(CO)C(O)C(O)C7O)C(O)C6OC6OC(C)C(O)C(O)C6O)C(C)(C)C5CCC43C)C12. The molecule has 0 radical (unpaired) electrons. The van der Waals surface area contributed by atoms with Crippen LogP contribution in [0.2, 0.25) is 0 Å². The van der Waals surface area contributed by atoms with Gasteiger partial charge in [-0.05, 0) is 136 Å². The molecule has 0 bridgehead atoms. The van der Waals surface area contributed by atoms with Gasteiger partial charge in [-0.1, -0.05) is 46.8 Å². The second-order valence-corrected chi connectivity index (χ2v) is 30.9. The molecule has 11 fully saturated rings. The predicted molar refractivity (Wildman–Crippen MR) is 319 cm³/mol. The van der Waals surface area contributed by atoms with Gasteiger partial charge in [-0.2, -0.15) is 0 Å². The van der Waals surface area contributed by atoms with Crippen LogP contribution in [0, 0.1) is 56.7 Å². The molecule has 5 aliphatic carbocycles. The fourth-order valence-corrected chi connectivity index (χ4v) is 19.9. The molecule has 0 amide bonds. The lowest BCUT2D eigenvalue weighted by Crippen LogP contribution is -2.68. The van der Waals surface area contributed by atoms with Crippen LogP contribution in [0.1, 0.15) is 120 Å². The molecule has 30 nitrogen and oxygen atoms in total. The van der Waals surface area contributed by atoms with Gasteiger partial charge in [-0.3, -0.25) is 4.79 Å². The summed E-state index contributed by atoms with van der Waals surface area (Å²) in [5.74, 6) is -0.608. The Hall–Kier alpha value is -1.91. The average molecular weight is 1370 g/mol. The first-order valence-electron chi connectivity index (χ1n) is 34.0. The van der Waals surface area contributed by atoms with Gasteiger partial charge in [0.25, 0.3) is 0 Å². The molecular formula is C65H106O30. The Morgan fingerprint density at radius 2 is 1.01 bits per heavy atom. The zero-order chi connectivity index (χ0) is 69.2. The maximum absolute atomic E-state index is 15.3. The molecule has 39 unspecified atom stereocenters. The Morgan fingerprint density at radius 3 is 1.61 bits per heavy atom. The third-order valence-electron chi connectivity index (χ3n) is 25.6. The Balaban J connectivity index is 0.767. The second-order valence-electron chi connectivity index (χ2n) is 30.9. The monoisotopic (exact) mass is 1370 g/mol. The van der Waals surface area contributed by atoms with Gasteiger partial charge in [0.05, 0.1) is 50.2 Å². The largest absolute Gasteiger partial charge is 0.432 e. The summed E-state index contributed by atoms with van der Waals surface area (Å²) in [5.41, 5.74) is -1.44. The molecule has 39 atom stereocenters. The van der Waals surface area contributed by atoms with E-state index in [1.165, 1.54) is 13.8 Å². The van der Waals surface area contributed by atoms with Crippen LogP contribution in [-0.2, 0) is 61.6 Å². The summed E-state index contributed by atoms with van der Waals surface area (Å²) >= 11 is 0.